The molecule has 0 aliphatic carbocycles. The van der Waals surface area contributed by atoms with Gasteiger partial charge in [0.25, 0.3) is 0 Å². The largest absolute Gasteiger partial charge is 0.462 e. The summed E-state index contributed by atoms with van der Waals surface area (Å²) in [5.41, 5.74) is -0.213. The number of halogens is 3. The highest BCUT2D eigenvalue weighted by Gasteiger charge is 2.37. The van der Waals surface area contributed by atoms with Gasteiger partial charge < -0.3 is 10.2 Å². The fourth-order valence-electron chi connectivity index (χ4n) is 1.91. The van der Waals surface area contributed by atoms with Crippen molar-refractivity contribution in [3.05, 3.63) is 50.5 Å². The number of nitro benzene ring substituents is 1. The highest BCUT2D eigenvalue weighted by atomic mass is 19.2. The summed E-state index contributed by atoms with van der Waals surface area (Å²) in [5.74, 6) is -8.17. The van der Waals surface area contributed by atoms with Crippen LogP contribution in [-0.2, 0) is 9.53 Å². The third kappa shape index (κ3) is 4.17. The molecular formula is C15H16F3N3O5. The van der Waals surface area contributed by atoms with Crippen LogP contribution in [0.15, 0.2) is 11.8 Å². The average molecular weight is 375 g/mol. The molecule has 0 aliphatic rings. The molecule has 0 spiro atoms. The minimum atomic E-state index is -2.00. The number of hydrazine groups is 1. The van der Waals surface area contributed by atoms with Crippen LogP contribution < -0.4 is 10.9 Å². The standard InChI is InChI=1S/C15H16F3N3O5/c1-4-5-26-15(23)8(6-20-19-3)14(22)9-10(16)7(2)11(17)12(18)13(9)21(24)25/h6,19-20H,4-5H2,1-3H3. The van der Waals surface area contributed by atoms with E-state index in [1.165, 1.54) is 7.05 Å². The first kappa shape index (κ1) is 21.1. The number of nitro groups is 1. The minimum absolute atomic E-state index is 0.0790. The van der Waals surface area contributed by atoms with E-state index >= 15 is 0 Å². The topological polar surface area (TPSA) is 111 Å². The summed E-state index contributed by atoms with van der Waals surface area (Å²) in [6.45, 7) is 2.40. The molecule has 0 amide bonds. The zero-order valence-electron chi connectivity index (χ0n) is 14.1. The Bertz CT molecular complexity index is 781. The van der Waals surface area contributed by atoms with E-state index in [-0.39, 0.29) is 6.61 Å². The molecule has 0 saturated heterocycles. The number of nitrogens with zero attached hydrogens (tertiary/aromatic N) is 1. The first-order valence-electron chi connectivity index (χ1n) is 7.34. The van der Waals surface area contributed by atoms with Gasteiger partial charge in [0.05, 0.1) is 11.5 Å². The molecule has 0 radical (unpaired) electrons. The van der Waals surface area contributed by atoms with E-state index in [4.69, 9.17) is 4.74 Å². The van der Waals surface area contributed by atoms with Crippen LogP contribution >= 0.6 is 0 Å². The van der Waals surface area contributed by atoms with E-state index in [1.54, 1.807) is 6.92 Å². The Balaban J connectivity index is 3.62. The monoisotopic (exact) mass is 375 g/mol. The minimum Gasteiger partial charge on any atom is -0.462 e. The molecule has 0 saturated carbocycles. The maximum Gasteiger partial charge on any atom is 0.343 e. The zero-order valence-corrected chi connectivity index (χ0v) is 14.1. The van der Waals surface area contributed by atoms with Gasteiger partial charge in [-0.05, 0) is 13.3 Å². The van der Waals surface area contributed by atoms with Crippen molar-refractivity contribution in [3.8, 4) is 0 Å². The van der Waals surface area contributed by atoms with Crippen LogP contribution in [0.5, 0.6) is 0 Å². The van der Waals surface area contributed by atoms with Gasteiger partial charge in [0, 0.05) is 18.8 Å². The third-order valence-corrected chi connectivity index (χ3v) is 3.19. The van der Waals surface area contributed by atoms with Crippen LogP contribution in [0.25, 0.3) is 0 Å². The number of nitrogens with one attached hydrogen (secondary N) is 2. The lowest BCUT2D eigenvalue weighted by molar-refractivity contribution is -0.388. The third-order valence-electron chi connectivity index (χ3n) is 3.19. The number of esters is 1. The zero-order chi connectivity index (χ0) is 20.0. The van der Waals surface area contributed by atoms with Crippen molar-refractivity contribution in [2.45, 2.75) is 20.3 Å². The molecule has 0 unspecified atom stereocenters. The number of carbonyl (C=O) groups excluding carboxylic acids is 2. The molecule has 8 nitrogen and oxygen atoms in total. The van der Waals surface area contributed by atoms with E-state index in [9.17, 15) is 32.9 Å². The summed E-state index contributed by atoms with van der Waals surface area (Å²) < 4.78 is 46.7. The van der Waals surface area contributed by atoms with Gasteiger partial charge in [0.15, 0.2) is 5.82 Å². The van der Waals surface area contributed by atoms with Gasteiger partial charge in [-0.2, -0.15) is 4.39 Å². The summed E-state index contributed by atoms with van der Waals surface area (Å²) in [5, 5.41) is 11.1. The molecule has 1 rings (SSSR count). The van der Waals surface area contributed by atoms with E-state index in [1.807, 2.05) is 0 Å². The van der Waals surface area contributed by atoms with Crippen molar-refractivity contribution >= 4 is 17.4 Å². The molecular weight excluding hydrogens is 359 g/mol. The molecule has 2 N–H and O–H groups in total. The Labute approximate surface area is 146 Å². The Morgan fingerprint density at radius 2 is 1.85 bits per heavy atom. The molecule has 0 heterocycles. The maximum atomic E-state index is 14.4. The fourth-order valence-corrected chi connectivity index (χ4v) is 1.91. The van der Waals surface area contributed by atoms with Gasteiger partial charge in [0.2, 0.25) is 11.6 Å². The molecule has 0 aliphatic heterocycles. The summed E-state index contributed by atoms with van der Waals surface area (Å²) in [6.07, 6.45) is 1.19. The van der Waals surface area contributed by atoms with E-state index in [2.05, 4.69) is 10.9 Å². The maximum absolute atomic E-state index is 14.4. The van der Waals surface area contributed by atoms with Crippen LogP contribution in [0, 0.1) is 34.5 Å². The van der Waals surface area contributed by atoms with Crippen molar-refractivity contribution in [1.82, 2.24) is 10.9 Å². The molecule has 1 aromatic rings. The smallest absolute Gasteiger partial charge is 0.343 e. The molecule has 0 atom stereocenters. The molecule has 142 valence electrons. The second-order valence-corrected chi connectivity index (χ2v) is 4.97. The Morgan fingerprint density at radius 1 is 1.23 bits per heavy atom. The van der Waals surface area contributed by atoms with Crippen LogP contribution in [0.2, 0.25) is 0 Å². The van der Waals surface area contributed by atoms with Gasteiger partial charge in [-0.15, -0.1) is 0 Å². The van der Waals surface area contributed by atoms with Crippen molar-refractivity contribution in [2.75, 3.05) is 13.7 Å². The lowest BCUT2D eigenvalue weighted by Gasteiger charge is -2.11. The lowest BCUT2D eigenvalue weighted by atomic mass is 9.98. The number of ether oxygens (including phenoxy) is 1. The van der Waals surface area contributed by atoms with Crippen molar-refractivity contribution < 1.29 is 32.4 Å². The summed E-state index contributed by atoms with van der Waals surface area (Å²) in [7, 11) is 1.38. The Hall–Kier alpha value is -2.95. The molecule has 11 heteroatoms. The second kappa shape index (κ2) is 8.94. The molecule has 0 fully saturated rings. The van der Waals surface area contributed by atoms with E-state index in [0.29, 0.717) is 6.42 Å². The number of hydrogen-bond acceptors (Lipinski definition) is 7. The number of Topliss-reactive ketones (excluding diaryl/α,β-unsaturated/α-hetero) is 1. The summed E-state index contributed by atoms with van der Waals surface area (Å²) in [4.78, 5) is 34.2. The first-order valence-corrected chi connectivity index (χ1v) is 7.34. The second-order valence-electron chi connectivity index (χ2n) is 4.97. The number of rotatable bonds is 8. The normalized spacial score (nSPS) is 11.2. The molecule has 0 aromatic heterocycles. The predicted molar refractivity (Wildman–Crippen MR) is 83.6 cm³/mol. The number of ketones is 1. The van der Waals surface area contributed by atoms with Crippen molar-refractivity contribution in [3.63, 3.8) is 0 Å². The number of carbonyl (C=O) groups is 2. The van der Waals surface area contributed by atoms with Crippen molar-refractivity contribution in [1.29, 1.82) is 0 Å². The average Bonchev–Trinajstić information content (AvgIpc) is 2.60. The van der Waals surface area contributed by atoms with Gasteiger partial charge in [0.1, 0.15) is 17.0 Å². The van der Waals surface area contributed by atoms with Crippen LogP contribution in [0.1, 0.15) is 29.3 Å². The molecule has 26 heavy (non-hydrogen) atoms. The van der Waals surface area contributed by atoms with Gasteiger partial charge >= 0.3 is 11.7 Å². The first-order chi connectivity index (χ1) is 12.2. The Kier molecular flexibility index (Phi) is 7.26. The van der Waals surface area contributed by atoms with Crippen LogP contribution in [0.3, 0.4) is 0 Å². The highest BCUT2D eigenvalue weighted by molar-refractivity contribution is 6.25. The SMILES string of the molecule is CCCOC(=O)C(=CNNC)C(=O)c1c(F)c(C)c(F)c(F)c1[N+](=O)[O-]. The van der Waals surface area contributed by atoms with E-state index < -0.39 is 56.5 Å². The number of benzene rings is 1. The Morgan fingerprint density at radius 3 is 2.35 bits per heavy atom. The fraction of sp³-hybridized carbons (Fsp3) is 0.333. The van der Waals surface area contributed by atoms with Crippen molar-refractivity contribution in [2.24, 2.45) is 0 Å². The quantitative estimate of drug-likeness (QED) is 0.105. The predicted octanol–water partition coefficient (Wildman–Crippen LogP) is 2.06. The van der Waals surface area contributed by atoms with Crippen LogP contribution in [0.4, 0.5) is 18.9 Å². The highest BCUT2D eigenvalue weighted by Crippen LogP contribution is 2.32. The summed E-state index contributed by atoms with van der Waals surface area (Å²) in [6, 6.07) is 0. The molecule has 1 aromatic carbocycles. The van der Waals surface area contributed by atoms with Crippen LogP contribution in [-0.4, -0.2) is 30.3 Å². The van der Waals surface area contributed by atoms with Gasteiger partial charge in [-0.25, -0.2) is 19.0 Å². The summed E-state index contributed by atoms with van der Waals surface area (Å²) >= 11 is 0. The van der Waals surface area contributed by atoms with E-state index in [0.717, 1.165) is 13.1 Å². The lowest BCUT2D eigenvalue weighted by Crippen LogP contribution is -2.27. The number of hydrogen-bond donors (Lipinski definition) is 2. The van der Waals surface area contributed by atoms with Gasteiger partial charge in [-0.3, -0.25) is 14.9 Å². The molecule has 0 bridgehead atoms. The van der Waals surface area contributed by atoms with Gasteiger partial charge in [-0.1, -0.05) is 6.92 Å².